The lowest BCUT2D eigenvalue weighted by molar-refractivity contribution is -0.144. The van der Waals surface area contributed by atoms with Gasteiger partial charge in [-0.25, -0.2) is 0 Å². The van der Waals surface area contributed by atoms with E-state index in [2.05, 4.69) is 20.7 Å². The number of anilines is 1. The Hall–Kier alpha value is -2.13. The number of aryl methyl sites for hydroxylation is 2. The molecule has 1 aliphatic heterocycles. The number of carbonyl (C=O) groups excluding carboxylic acids is 1. The summed E-state index contributed by atoms with van der Waals surface area (Å²) in [5.41, 5.74) is 3.04. The molecule has 0 N–H and O–H groups in total. The number of methoxy groups -OCH3 is 1. The van der Waals surface area contributed by atoms with Gasteiger partial charge in [0, 0.05) is 18.8 Å². The highest BCUT2D eigenvalue weighted by atomic mass is 16.5. The van der Waals surface area contributed by atoms with Crippen LogP contribution in [0.15, 0.2) is 6.07 Å². The molecule has 0 saturated carbocycles. The van der Waals surface area contributed by atoms with Crippen LogP contribution in [-0.2, 0) is 14.3 Å². The number of nitriles is 1. The maximum absolute atomic E-state index is 11.4. The molecule has 1 saturated heterocycles. The lowest BCUT2D eigenvalue weighted by Gasteiger charge is -2.34. The van der Waals surface area contributed by atoms with E-state index in [0.29, 0.717) is 25.3 Å². The lowest BCUT2D eigenvalue weighted by Crippen LogP contribution is -2.44. The third-order valence-corrected chi connectivity index (χ3v) is 3.52. The zero-order chi connectivity index (χ0) is 15.4. The molecule has 21 heavy (non-hydrogen) atoms. The van der Waals surface area contributed by atoms with Crippen LogP contribution in [0.5, 0.6) is 0 Å². The molecule has 112 valence electrons. The highest BCUT2D eigenvalue weighted by Gasteiger charge is 2.25. The number of rotatable bonds is 3. The normalized spacial score (nSPS) is 18.2. The molecule has 1 fully saturated rings. The van der Waals surface area contributed by atoms with Gasteiger partial charge >= 0.3 is 5.97 Å². The summed E-state index contributed by atoms with van der Waals surface area (Å²) in [6.45, 7) is 5.51. The standard InChI is InChI=1S/C15H19N3O3/c1-10-6-14(13(8-16)11(2)17-10)18-4-5-21-12(9-18)7-15(19)20-3/h6,12H,4-5,7,9H2,1-3H3. The van der Waals surface area contributed by atoms with Crippen LogP contribution in [0.3, 0.4) is 0 Å². The van der Waals surface area contributed by atoms with Crippen molar-refractivity contribution < 1.29 is 14.3 Å². The van der Waals surface area contributed by atoms with Gasteiger partial charge in [-0.1, -0.05) is 0 Å². The zero-order valence-electron chi connectivity index (χ0n) is 12.5. The molecular formula is C15H19N3O3. The number of ether oxygens (including phenoxy) is 2. The molecule has 0 radical (unpaired) electrons. The van der Waals surface area contributed by atoms with Crippen molar-refractivity contribution in [1.29, 1.82) is 5.26 Å². The molecule has 1 atom stereocenters. The van der Waals surface area contributed by atoms with Crippen molar-refractivity contribution in [3.05, 3.63) is 23.0 Å². The van der Waals surface area contributed by atoms with Gasteiger partial charge in [-0.3, -0.25) is 9.78 Å². The fourth-order valence-corrected chi connectivity index (χ4v) is 2.53. The molecule has 1 aliphatic rings. The van der Waals surface area contributed by atoms with E-state index in [1.807, 2.05) is 19.9 Å². The molecule has 1 aromatic rings. The molecule has 0 aromatic carbocycles. The van der Waals surface area contributed by atoms with Crippen LogP contribution in [0.25, 0.3) is 0 Å². The monoisotopic (exact) mass is 289 g/mol. The average molecular weight is 289 g/mol. The van der Waals surface area contributed by atoms with E-state index in [1.54, 1.807) is 0 Å². The second kappa shape index (κ2) is 6.55. The van der Waals surface area contributed by atoms with E-state index < -0.39 is 0 Å². The van der Waals surface area contributed by atoms with Gasteiger partial charge in [0.05, 0.1) is 43.2 Å². The molecule has 2 rings (SSSR count). The predicted molar refractivity (Wildman–Crippen MR) is 77.0 cm³/mol. The number of aromatic nitrogens is 1. The molecule has 1 aromatic heterocycles. The first-order valence-electron chi connectivity index (χ1n) is 6.87. The highest BCUT2D eigenvalue weighted by molar-refractivity contribution is 5.70. The first-order chi connectivity index (χ1) is 10.0. The highest BCUT2D eigenvalue weighted by Crippen LogP contribution is 2.25. The van der Waals surface area contributed by atoms with Gasteiger partial charge in [0.15, 0.2) is 0 Å². The van der Waals surface area contributed by atoms with Gasteiger partial charge < -0.3 is 14.4 Å². The minimum atomic E-state index is -0.288. The maximum atomic E-state index is 11.4. The Labute approximate surface area is 124 Å². The Balaban J connectivity index is 2.22. The number of pyridine rings is 1. The lowest BCUT2D eigenvalue weighted by atomic mass is 10.1. The fraction of sp³-hybridized carbons (Fsp3) is 0.533. The number of carbonyl (C=O) groups is 1. The number of hydrogen-bond donors (Lipinski definition) is 0. The van der Waals surface area contributed by atoms with Crippen molar-refractivity contribution in [2.75, 3.05) is 31.7 Å². The average Bonchev–Trinajstić information content (AvgIpc) is 2.46. The second-order valence-corrected chi connectivity index (χ2v) is 5.07. The first kappa shape index (κ1) is 15.3. The van der Waals surface area contributed by atoms with Crippen LogP contribution in [-0.4, -0.2) is 43.9 Å². The summed E-state index contributed by atoms with van der Waals surface area (Å²) in [6.07, 6.45) is 0.00399. The number of morpholine rings is 1. The van der Waals surface area contributed by atoms with E-state index >= 15 is 0 Å². The molecule has 6 heteroatoms. The molecule has 0 amide bonds. The minimum absolute atomic E-state index is 0.216. The maximum Gasteiger partial charge on any atom is 0.308 e. The molecule has 2 heterocycles. The smallest absolute Gasteiger partial charge is 0.308 e. The molecular weight excluding hydrogens is 270 g/mol. The van der Waals surface area contributed by atoms with Crippen LogP contribution in [0, 0.1) is 25.2 Å². The number of esters is 1. The summed E-state index contributed by atoms with van der Waals surface area (Å²) in [6, 6.07) is 4.13. The van der Waals surface area contributed by atoms with Crippen LogP contribution >= 0.6 is 0 Å². The summed E-state index contributed by atoms with van der Waals surface area (Å²) in [5.74, 6) is -0.288. The van der Waals surface area contributed by atoms with Gasteiger partial charge in [0.2, 0.25) is 0 Å². The third-order valence-electron chi connectivity index (χ3n) is 3.52. The summed E-state index contributed by atoms with van der Waals surface area (Å²) in [7, 11) is 1.37. The Kier molecular flexibility index (Phi) is 4.76. The molecule has 0 spiro atoms. The van der Waals surface area contributed by atoms with Crippen LogP contribution in [0.2, 0.25) is 0 Å². The molecule has 1 unspecified atom stereocenters. The Morgan fingerprint density at radius 3 is 3.05 bits per heavy atom. The topological polar surface area (TPSA) is 75.5 Å². The van der Waals surface area contributed by atoms with E-state index in [1.165, 1.54) is 7.11 Å². The first-order valence-corrected chi connectivity index (χ1v) is 6.87. The second-order valence-electron chi connectivity index (χ2n) is 5.07. The van der Waals surface area contributed by atoms with E-state index in [0.717, 1.165) is 17.1 Å². The summed E-state index contributed by atoms with van der Waals surface area (Å²) >= 11 is 0. The van der Waals surface area contributed by atoms with Crippen molar-refractivity contribution in [1.82, 2.24) is 4.98 Å². The quantitative estimate of drug-likeness (QED) is 0.782. The zero-order valence-corrected chi connectivity index (χ0v) is 12.5. The van der Waals surface area contributed by atoms with Crippen molar-refractivity contribution in [2.24, 2.45) is 0 Å². The van der Waals surface area contributed by atoms with Gasteiger partial charge in [0.25, 0.3) is 0 Å². The Bertz CT molecular complexity index is 580. The number of nitrogens with zero attached hydrogens (tertiary/aromatic N) is 3. The number of hydrogen-bond acceptors (Lipinski definition) is 6. The van der Waals surface area contributed by atoms with Gasteiger partial charge in [-0.2, -0.15) is 5.26 Å². The molecule has 6 nitrogen and oxygen atoms in total. The molecule has 0 bridgehead atoms. The summed E-state index contributed by atoms with van der Waals surface area (Å²) < 4.78 is 10.3. The Morgan fingerprint density at radius 2 is 2.38 bits per heavy atom. The van der Waals surface area contributed by atoms with Crippen LogP contribution in [0.1, 0.15) is 23.4 Å². The van der Waals surface area contributed by atoms with Gasteiger partial charge in [-0.05, 0) is 19.9 Å². The summed E-state index contributed by atoms with van der Waals surface area (Å²) in [5, 5.41) is 9.35. The van der Waals surface area contributed by atoms with Crippen LogP contribution < -0.4 is 4.90 Å². The third kappa shape index (κ3) is 3.50. The SMILES string of the molecule is COC(=O)CC1CN(c2cc(C)nc(C)c2C#N)CCO1. The van der Waals surface area contributed by atoms with Gasteiger partial charge in [0.1, 0.15) is 6.07 Å². The van der Waals surface area contributed by atoms with Crippen molar-refractivity contribution in [3.63, 3.8) is 0 Å². The van der Waals surface area contributed by atoms with Crippen molar-refractivity contribution in [3.8, 4) is 6.07 Å². The summed E-state index contributed by atoms with van der Waals surface area (Å²) in [4.78, 5) is 17.8. The Morgan fingerprint density at radius 1 is 1.62 bits per heavy atom. The van der Waals surface area contributed by atoms with Crippen molar-refractivity contribution in [2.45, 2.75) is 26.4 Å². The van der Waals surface area contributed by atoms with E-state index in [4.69, 9.17) is 4.74 Å². The van der Waals surface area contributed by atoms with Crippen molar-refractivity contribution >= 4 is 11.7 Å². The van der Waals surface area contributed by atoms with E-state index in [-0.39, 0.29) is 18.5 Å². The van der Waals surface area contributed by atoms with Crippen LogP contribution in [0.4, 0.5) is 5.69 Å². The molecule has 0 aliphatic carbocycles. The van der Waals surface area contributed by atoms with E-state index in [9.17, 15) is 10.1 Å². The largest absolute Gasteiger partial charge is 0.469 e. The fourth-order valence-electron chi connectivity index (χ4n) is 2.53. The minimum Gasteiger partial charge on any atom is -0.469 e. The van der Waals surface area contributed by atoms with Gasteiger partial charge in [-0.15, -0.1) is 0 Å². The predicted octanol–water partition coefficient (Wildman–Crippen LogP) is 1.34.